The number of anilines is 1. The first-order valence-corrected chi connectivity index (χ1v) is 9.06. The highest BCUT2D eigenvalue weighted by molar-refractivity contribution is 7.80. The second kappa shape index (κ2) is 10.4. The first-order chi connectivity index (χ1) is 11.0. The van der Waals surface area contributed by atoms with Gasteiger partial charge < -0.3 is 13.9 Å². The summed E-state index contributed by atoms with van der Waals surface area (Å²) < 4.78 is 33.0. The van der Waals surface area contributed by atoms with Crippen LogP contribution in [0.4, 0.5) is 5.69 Å². The molecule has 0 aliphatic carbocycles. The monoisotopic (exact) mass is 360 g/mol. The predicted octanol–water partition coefficient (Wildman–Crippen LogP) is 1.51. The Bertz CT molecular complexity index is 585. The van der Waals surface area contributed by atoms with Crippen molar-refractivity contribution in [2.75, 3.05) is 52.3 Å². The van der Waals surface area contributed by atoms with Crippen LogP contribution in [0.3, 0.4) is 0 Å². The van der Waals surface area contributed by atoms with Crippen LogP contribution in [-0.4, -0.2) is 71.1 Å². The Morgan fingerprint density at radius 3 is 2.08 bits per heavy atom. The van der Waals surface area contributed by atoms with Gasteiger partial charge in [0.2, 0.25) is 10.4 Å². The molecule has 0 radical (unpaired) electrons. The summed E-state index contributed by atoms with van der Waals surface area (Å²) in [5.74, 6) is 0. The van der Waals surface area contributed by atoms with Crippen LogP contribution in [0.2, 0.25) is 0 Å². The van der Waals surface area contributed by atoms with Crippen molar-refractivity contribution in [1.29, 1.82) is 0 Å². The Balaban J connectivity index is 0.000000640. The van der Waals surface area contributed by atoms with Gasteiger partial charge in [0.1, 0.15) is 6.29 Å². The third-order valence-electron chi connectivity index (χ3n) is 3.63. The van der Waals surface area contributed by atoms with E-state index in [0.717, 1.165) is 41.7 Å². The Morgan fingerprint density at radius 2 is 1.75 bits per heavy atom. The summed E-state index contributed by atoms with van der Waals surface area (Å²) in [7, 11) is 2.14. The molecule has 0 atom stereocenters. The van der Waals surface area contributed by atoms with E-state index < -0.39 is 10.4 Å². The molecular weight excluding hydrogens is 332 g/mol. The lowest BCUT2D eigenvalue weighted by Gasteiger charge is -2.31. The van der Waals surface area contributed by atoms with Crippen LogP contribution in [0.5, 0.6) is 0 Å². The first kappa shape index (κ1) is 22.5. The zero-order valence-electron chi connectivity index (χ0n) is 15.1. The number of quaternary nitrogens is 1. The molecule has 1 rings (SSSR count). The fourth-order valence-corrected chi connectivity index (χ4v) is 1.95. The second-order valence-corrected chi connectivity index (χ2v) is 6.97. The van der Waals surface area contributed by atoms with Crippen LogP contribution >= 0.6 is 0 Å². The summed E-state index contributed by atoms with van der Waals surface area (Å²) in [5.41, 5.74) is 1.89. The summed E-state index contributed by atoms with van der Waals surface area (Å²) in [6.45, 7) is 6.81. The minimum absolute atomic E-state index is 0.0914. The normalized spacial score (nSPS) is 11.4. The smallest absolute Gasteiger partial charge is 0.217 e. The number of nitrogens with zero attached hydrogens (tertiary/aromatic N) is 2. The van der Waals surface area contributed by atoms with Crippen molar-refractivity contribution in [3.05, 3.63) is 29.8 Å². The van der Waals surface area contributed by atoms with Crippen molar-refractivity contribution in [3.63, 3.8) is 0 Å². The molecule has 0 aromatic heterocycles. The Kier molecular flexibility index (Phi) is 9.76. The average Bonchev–Trinajstić information content (AvgIpc) is 2.52. The number of likely N-dealkylation sites (N-methyl/N-ethyl adjacent to an activating group) is 2. The number of carbonyl (C=O) groups is 1. The molecule has 138 valence electrons. The van der Waals surface area contributed by atoms with Gasteiger partial charge in [0.05, 0.1) is 40.3 Å². The van der Waals surface area contributed by atoms with Crippen LogP contribution in [0.1, 0.15) is 24.2 Å². The standard InChI is InChI=1S/C14H23N2O.C2H6O4S/c1-5-16(3,4)11-10-15(2)14-8-6-13(12-17)7-9-14;1-2-6-7(3,4)5/h6-9,12H,5,10-11H2,1-4H3;2H2,1H3,(H,3,4,5)/q+1;/p-1. The third-order valence-corrected chi connectivity index (χ3v) is 4.15. The highest BCUT2D eigenvalue weighted by Gasteiger charge is 2.12. The van der Waals surface area contributed by atoms with Crippen LogP contribution in [-0.2, 0) is 14.6 Å². The molecule has 0 saturated heterocycles. The SMILES string of the molecule is CCOS(=O)(=O)[O-].CC[N+](C)(C)CCN(C)c1ccc(C=O)cc1. The molecule has 0 aliphatic rings. The molecule has 0 saturated carbocycles. The fourth-order valence-electron chi connectivity index (χ4n) is 1.66. The van der Waals surface area contributed by atoms with E-state index >= 15 is 0 Å². The van der Waals surface area contributed by atoms with Crippen LogP contribution in [0, 0.1) is 0 Å². The molecule has 0 fully saturated rings. The molecule has 7 nitrogen and oxygen atoms in total. The van der Waals surface area contributed by atoms with Gasteiger partial charge >= 0.3 is 0 Å². The van der Waals surface area contributed by atoms with Crippen molar-refractivity contribution in [2.24, 2.45) is 0 Å². The number of hydrogen-bond donors (Lipinski definition) is 0. The molecule has 0 N–H and O–H groups in total. The molecule has 0 spiro atoms. The Morgan fingerprint density at radius 1 is 1.21 bits per heavy atom. The molecule has 24 heavy (non-hydrogen) atoms. The van der Waals surface area contributed by atoms with E-state index in [4.69, 9.17) is 0 Å². The maximum absolute atomic E-state index is 10.6. The van der Waals surface area contributed by atoms with E-state index in [1.54, 1.807) is 0 Å². The topological polar surface area (TPSA) is 86.7 Å². The maximum Gasteiger partial charge on any atom is 0.217 e. The van der Waals surface area contributed by atoms with Crippen molar-refractivity contribution in [1.82, 2.24) is 0 Å². The number of carbonyl (C=O) groups excluding carboxylic acids is 1. The summed E-state index contributed by atoms with van der Waals surface area (Å²) in [4.78, 5) is 12.8. The number of rotatable bonds is 8. The minimum Gasteiger partial charge on any atom is -0.726 e. The van der Waals surface area contributed by atoms with E-state index in [2.05, 4.69) is 37.1 Å². The summed E-state index contributed by atoms with van der Waals surface area (Å²) in [5, 5.41) is 0. The summed E-state index contributed by atoms with van der Waals surface area (Å²) in [6.07, 6.45) is 0.876. The minimum atomic E-state index is -4.42. The van der Waals surface area contributed by atoms with E-state index in [1.807, 2.05) is 24.3 Å². The maximum atomic E-state index is 10.6. The van der Waals surface area contributed by atoms with Gasteiger partial charge in [-0.15, -0.1) is 0 Å². The van der Waals surface area contributed by atoms with Gasteiger partial charge in [-0.25, -0.2) is 8.42 Å². The van der Waals surface area contributed by atoms with Crippen molar-refractivity contribution in [2.45, 2.75) is 13.8 Å². The van der Waals surface area contributed by atoms with Gasteiger partial charge in [0.15, 0.2) is 0 Å². The van der Waals surface area contributed by atoms with E-state index in [1.165, 1.54) is 6.92 Å². The second-order valence-electron chi connectivity index (χ2n) is 5.92. The van der Waals surface area contributed by atoms with Crippen LogP contribution < -0.4 is 4.90 Å². The zero-order valence-corrected chi connectivity index (χ0v) is 15.9. The lowest BCUT2D eigenvalue weighted by Crippen LogP contribution is -2.44. The predicted molar refractivity (Wildman–Crippen MR) is 93.9 cm³/mol. The highest BCUT2D eigenvalue weighted by Crippen LogP contribution is 2.13. The summed E-state index contributed by atoms with van der Waals surface area (Å²) in [6, 6.07) is 7.71. The molecule has 1 aromatic rings. The number of aldehydes is 1. The van der Waals surface area contributed by atoms with Gasteiger partial charge in [0, 0.05) is 18.3 Å². The van der Waals surface area contributed by atoms with Crippen molar-refractivity contribution in [3.8, 4) is 0 Å². The largest absolute Gasteiger partial charge is 0.726 e. The van der Waals surface area contributed by atoms with E-state index in [-0.39, 0.29) is 6.61 Å². The average molecular weight is 360 g/mol. The lowest BCUT2D eigenvalue weighted by atomic mass is 10.2. The fraction of sp³-hybridized carbons (Fsp3) is 0.562. The lowest BCUT2D eigenvalue weighted by molar-refractivity contribution is -0.887. The Labute approximate surface area is 145 Å². The van der Waals surface area contributed by atoms with Crippen molar-refractivity contribution < 1.29 is 26.4 Å². The molecular formula is C16H28N2O5S. The van der Waals surface area contributed by atoms with Crippen LogP contribution in [0.15, 0.2) is 24.3 Å². The van der Waals surface area contributed by atoms with Gasteiger partial charge in [-0.1, -0.05) is 0 Å². The first-order valence-electron chi connectivity index (χ1n) is 7.73. The van der Waals surface area contributed by atoms with E-state index in [0.29, 0.717) is 0 Å². The molecule has 0 aliphatic heterocycles. The molecule has 0 bridgehead atoms. The van der Waals surface area contributed by atoms with Gasteiger partial charge in [-0.05, 0) is 38.1 Å². The van der Waals surface area contributed by atoms with Crippen LogP contribution in [0.25, 0.3) is 0 Å². The van der Waals surface area contributed by atoms with Gasteiger partial charge in [-0.3, -0.25) is 8.98 Å². The molecule has 0 amide bonds. The Hall–Kier alpha value is -1.48. The van der Waals surface area contributed by atoms with Gasteiger partial charge in [0.25, 0.3) is 0 Å². The third kappa shape index (κ3) is 10.3. The quantitative estimate of drug-likeness (QED) is 0.302. The summed E-state index contributed by atoms with van der Waals surface area (Å²) >= 11 is 0. The molecule has 1 aromatic carbocycles. The molecule has 8 heteroatoms. The number of hydrogen-bond acceptors (Lipinski definition) is 6. The van der Waals surface area contributed by atoms with E-state index in [9.17, 15) is 17.8 Å². The van der Waals surface area contributed by atoms with Crippen molar-refractivity contribution >= 4 is 22.4 Å². The highest BCUT2D eigenvalue weighted by atomic mass is 32.3. The van der Waals surface area contributed by atoms with Gasteiger partial charge in [-0.2, -0.15) is 0 Å². The number of benzene rings is 1. The molecule has 0 unspecified atom stereocenters. The zero-order chi connectivity index (χ0) is 18.8. The molecule has 0 heterocycles.